The predicted octanol–water partition coefficient (Wildman–Crippen LogP) is 9.98. The van der Waals surface area contributed by atoms with Crippen LogP contribution < -0.4 is 10.6 Å². The van der Waals surface area contributed by atoms with Gasteiger partial charge in [0.15, 0.2) is 0 Å². The molecule has 2 aromatic carbocycles. The van der Waals surface area contributed by atoms with E-state index in [0.717, 1.165) is 60.8 Å². The second-order valence-corrected chi connectivity index (χ2v) is 18.7. The molecule has 56 heavy (non-hydrogen) atoms. The molecule has 3 aromatic rings. The van der Waals surface area contributed by atoms with Gasteiger partial charge in [0.05, 0.1) is 18.8 Å². The normalized spacial score (nSPS) is 22.9. The van der Waals surface area contributed by atoms with E-state index in [-0.39, 0.29) is 39.7 Å². The number of aromatic hydroxyl groups is 1. The summed E-state index contributed by atoms with van der Waals surface area (Å²) in [6.45, 7) is 21.9. The maximum Gasteiger partial charge on any atom is 0.311 e. The molecule has 2 amide bonds. The number of methoxy groups -OCH3 is 1. The Balaban J connectivity index is 1.34. The van der Waals surface area contributed by atoms with Crippen molar-refractivity contribution in [3.8, 4) is 5.75 Å². The molecule has 0 saturated heterocycles. The first-order valence-electron chi connectivity index (χ1n) is 20.3. The summed E-state index contributed by atoms with van der Waals surface area (Å²) < 4.78 is 11.3. The predicted molar refractivity (Wildman–Crippen MR) is 223 cm³/mol. The lowest BCUT2D eigenvalue weighted by Gasteiger charge is -2.57. The van der Waals surface area contributed by atoms with Gasteiger partial charge < -0.3 is 24.9 Å². The third kappa shape index (κ3) is 9.16. The molecule has 2 fully saturated rings. The van der Waals surface area contributed by atoms with Gasteiger partial charge in [0.2, 0.25) is 0 Å². The molecule has 8 heteroatoms. The van der Waals surface area contributed by atoms with Gasteiger partial charge in [-0.3, -0.25) is 14.4 Å². The average molecular weight is 765 g/mol. The van der Waals surface area contributed by atoms with Crippen LogP contribution in [0.4, 0.5) is 0 Å². The molecular formula is C48H64N2O6. The first kappa shape index (κ1) is 42.6. The average Bonchev–Trinajstić information content (AvgIpc) is 3.58. The van der Waals surface area contributed by atoms with E-state index in [2.05, 4.69) is 84.7 Å². The van der Waals surface area contributed by atoms with Gasteiger partial charge in [0.1, 0.15) is 17.2 Å². The molecule has 8 nitrogen and oxygen atoms in total. The maximum absolute atomic E-state index is 13.8. The van der Waals surface area contributed by atoms with Crippen molar-refractivity contribution in [3.63, 3.8) is 0 Å². The minimum absolute atomic E-state index is 0.0896. The summed E-state index contributed by atoms with van der Waals surface area (Å²) in [7, 11) is 1.49. The molecule has 0 spiro atoms. The summed E-state index contributed by atoms with van der Waals surface area (Å²) in [6, 6.07) is 14.9. The second-order valence-electron chi connectivity index (χ2n) is 18.7. The Bertz CT molecular complexity index is 1910. The van der Waals surface area contributed by atoms with Crippen LogP contribution in [0.5, 0.6) is 5.75 Å². The van der Waals surface area contributed by atoms with Crippen molar-refractivity contribution in [2.24, 2.45) is 22.7 Å². The first-order valence-corrected chi connectivity index (χ1v) is 20.3. The smallest absolute Gasteiger partial charge is 0.311 e. The molecule has 0 bridgehead atoms. The highest BCUT2D eigenvalue weighted by molar-refractivity contribution is 6.05. The number of phenols is 1. The minimum Gasteiger partial charge on any atom is -0.507 e. The number of esters is 1. The Morgan fingerprint density at radius 1 is 0.982 bits per heavy atom. The highest BCUT2D eigenvalue weighted by Gasteiger charge is 2.57. The van der Waals surface area contributed by atoms with Gasteiger partial charge in [-0.25, -0.2) is 0 Å². The van der Waals surface area contributed by atoms with E-state index in [9.17, 15) is 19.5 Å². The van der Waals surface area contributed by atoms with Crippen molar-refractivity contribution < 1.29 is 28.6 Å². The van der Waals surface area contributed by atoms with Crippen molar-refractivity contribution in [2.75, 3.05) is 13.7 Å². The van der Waals surface area contributed by atoms with E-state index in [0.29, 0.717) is 42.9 Å². The monoisotopic (exact) mass is 764 g/mol. The molecule has 1 unspecified atom stereocenters. The zero-order valence-corrected chi connectivity index (χ0v) is 35.2. The Labute approximate surface area is 334 Å². The molecule has 3 N–H and O–H groups in total. The van der Waals surface area contributed by atoms with Crippen molar-refractivity contribution in [1.29, 1.82) is 0 Å². The van der Waals surface area contributed by atoms with Crippen LogP contribution in [0.25, 0.3) is 6.08 Å². The number of carbonyl (C=O) groups excluding carboxylic acids is 3. The van der Waals surface area contributed by atoms with Crippen molar-refractivity contribution >= 4 is 23.9 Å². The molecule has 0 aliphatic heterocycles. The zero-order valence-electron chi connectivity index (χ0n) is 35.2. The first-order chi connectivity index (χ1) is 26.3. The number of nitrogens with one attached hydrogen (secondary N) is 2. The minimum atomic E-state index is -0.516. The molecule has 2 aliphatic carbocycles. The Kier molecular flexibility index (Phi) is 12.8. The van der Waals surface area contributed by atoms with Crippen molar-refractivity contribution in [3.05, 3.63) is 106 Å². The summed E-state index contributed by atoms with van der Waals surface area (Å²) in [5.74, 6) is 0.365. The third-order valence-corrected chi connectivity index (χ3v) is 12.7. The van der Waals surface area contributed by atoms with Gasteiger partial charge in [-0.05, 0) is 127 Å². The second kappa shape index (κ2) is 16.9. The number of allylic oxidation sites excluding steroid dienone is 1. The number of amides is 2. The largest absolute Gasteiger partial charge is 0.507 e. The van der Waals surface area contributed by atoms with Crippen LogP contribution in [-0.2, 0) is 38.0 Å². The van der Waals surface area contributed by atoms with Gasteiger partial charge in [-0.1, -0.05) is 97.4 Å². The summed E-state index contributed by atoms with van der Waals surface area (Å²) in [6.07, 6.45) is 10.8. The summed E-state index contributed by atoms with van der Waals surface area (Å²) in [5.41, 5.74) is 4.54. The Morgan fingerprint density at radius 2 is 1.64 bits per heavy atom. The SMILES string of the molecule is C=C1CCC2[C@](C)(CCC[C@]2(C)C(=O)OC)[C@H]1CCc1ccoc1C=C(NC(=O)c1ccccc1)C(=O)NCCCc1cc(C(C)(C)C)c(O)c(C(C)(C)C)c1. The molecular weight excluding hydrogens is 701 g/mol. The van der Waals surface area contributed by atoms with Gasteiger partial charge in [0.25, 0.3) is 11.8 Å². The van der Waals surface area contributed by atoms with Crippen molar-refractivity contribution in [2.45, 2.75) is 124 Å². The van der Waals surface area contributed by atoms with Gasteiger partial charge >= 0.3 is 5.97 Å². The fourth-order valence-corrected chi connectivity index (χ4v) is 9.59. The number of furan rings is 1. The Morgan fingerprint density at radius 3 is 2.27 bits per heavy atom. The lowest BCUT2D eigenvalue weighted by molar-refractivity contribution is -0.168. The van der Waals surface area contributed by atoms with Crippen LogP contribution >= 0.6 is 0 Å². The lowest BCUT2D eigenvalue weighted by Crippen LogP contribution is -2.53. The molecule has 2 saturated carbocycles. The van der Waals surface area contributed by atoms with Crippen LogP contribution in [0.1, 0.15) is 139 Å². The van der Waals surface area contributed by atoms with Crippen molar-refractivity contribution in [1.82, 2.24) is 10.6 Å². The molecule has 1 heterocycles. The molecule has 0 radical (unpaired) electrons. The quantitative estimate of drug-likeness (QED) is 0.0732. The lowest BCUT2D eigenvalue weighted by atomic mass is 9.46. The molecule has 2 aliphatic rings. The Hall–Kier alpha value is -4.59. The highest BCUT2D eigenvalue weighted by atomic mass is 16.5. The number of benzene rings is 2. The van der Waals surface area contributed by atoms with Crippen LogP contribution in [0.3, 0.4) is 0 Å². The highest BCUT2D eigenvalue weighted by Crippen LogP contribution is 2.62. The van der Waals surface area contributed by atoms with Crippen LogP contribution in [0.15, 0.2) is 77.1 Å². The zero-order chi connectivity index (χ0) is 41.1. The van der Waals surface area contributed by atoms with E-state index in [4.69, 9.17) is 9.15 Å². The number of ether oxygens (including phenoxy) is 1. The number of carbonyl (C=O) groups is 3. The molecule has 302 valence electrons. The van der Waals surface area contributed by atoms with E-state index in [1.807, 2.05) is 12.1 Å². The number of fused-ring (bicyclic) bond motifs is 1. The van der Waals surface area contributed by atoms with E-state index >= 15 is 0 Å². The number of hydrogen-bond acceptors (Lipinski definition) is 6. The summed E-state index contributed by atoms with van der Waals surface area (Å²) in [4.78, 5) is 40.3. The third-order valence-electron chi connectivity index (χ3n) is 12.7. The van der Waals surface area contributed by atoms with Gasteiger partial charge in [-0.15, -0.1) is 0 Å². The standard InChI is InChI=1S/C48H64N2O6/c1-31-19-22-40-47(8,24-15-25-48(40,9)44(54)55-10)35(31)21-20-33-23-27-56-39(33)30-38(50-42(52)34-17-12-11-13-18-34)43(53)49-26-14-16-32-28-36(45(2,3)4)41(51)37(29-32)46(5,6)7/h11-13,17-18,23,27-30,35,40,51H,1,14-16,19-22,24-26H2,2-10H3,(H,49,53)(H,50,52)/t35-,40?,47+,48-/m0/s1. The number of phenolic OH excluding ortho intramolecular Hbond substituents is 1. The molecule has 4 atom stereocenters. The van der Waals surface area contributed by atoms with Crippen LogP contribution in [0, 0.1) is 22.7 Å². The van der Waals surface area contributed by atoms with Crippen LogP contribution in [-0.4, -0.2) is 36.5 Å². The molecule has 5 rings (SSSR count). The summed E-state index contributed by atoms with van der Waals surface area (Å²) >= 11 is 0. The topological polar surface area (TPSA) is 118 Å². The number of hydrogen-bond donors (Lipinski definition) is 3. The summed E-state index contributed by atoms with van der Waals surface area (Å²) in [5, 5.41) is 17.0. The van der Waals surface area contributed by atoms with Gasteiger partial charge in [-0.2, -0.15) is 0 Å². The van der Waals surface area contributed by atoms with Gasteiger partial charge in [0, 0.05) is 18.2 Å². The number of rotatable bonds is 12. The van der Waals surface area contributed by atoms with E-state index in [1.54, 1.807) is 36.6 Å². The maximum atomic E-state index is 13.8. The van der Waals surface area contributed by atoms with E-state index < -0.39 is 17.2 Å². The fourth-order valence-electron chi connectivity index (χ4n) is 9.59. The van der Waals surface area contributed by atoms with E-state index in [1.165, 1.54) is 12.7 Å². The fraction of sp³-hybridized carbons (Fsp3) is 0.521. The number of aryl methyl sites for hydroxylation is 2. The molecule has 1 aromatic heterocycles. The van der Waals surface area contributed by atoms with Crippen LogP contribution in [0.2, 0.25) is 0 Å².